The van der Waals surface area contributed by atoms with E-state index >= 15 is 0 Å². The smallest absolute Gasteiger partial charge is 0.255 e. The van der Waals surface area contributed by atoms with Crippen molar-refractivity contribution in [3.05, 3.63) is 60.2 Å². The molecule has 0 aliphatic heterocycles. The van der Waals surface area contributed by atoms with Crippen molar-refractivity contribution in [1.82, 2.24) is 19.6 Å². The van der Waals surface area contributed by atoms with Crippen molar-refractivity contribution in [1.29, 1.82) is 0 Å². The van der Waals surface area contributed by atoms with E-state index in [4.69, 9.17) is 4.42 Å². The normalized spacial score (nSPS) is 11.1. The monoisotopic (exact) mass is 337 g/mol. The maximum Gasteiger partial charge on any atom is 0.255 e. The minimum atomic E-state index is -0.280. The number of hydrogen-bond donors (Lipinski definition) is 1. The quantitative estimate of drug-likeness (QED) is 0.590. The third-order valence-electron chi connectivity index (χ3n) is 3.73. The molecule has 0 unspecified atom stereocenters. The molecule has 0 saturated heterocycles. The average molecular weight is 337 g/mol. The van der Waals surface area contributed by atoms with E-state index in [-0.39, 0.29) is 5.82 Å². The van der Waals surface area contributed by atoms with Crippen LogP contribution in [0.25, 0.3) is 17.4 Å². The Labute approximate surface area is 143 Å². The van der Waals surface area contributed by atoms with Gasteiger partial charge in [0.1, 0.15) is 11.6 Å². The van der Waals surface area contributed by atoms with Gasteiger partial charge in [-0.15, -0.1) is 5.10 Å². The van der Waals surface area contributed by atoms with Crippen LogP contribution in [0.4, 0.5) is 15.9 Å². The van der Waals surface area contributed by atoms with E-state index < -0.39 is 0 Å². The molecule has 4 rings (SSSR count). The van der Waals surface area contributed by atoms with Crippen LogP contribution in [0.3, 0.4) is 0 Å². The van der Waals surface area contributed by atoms with Crippen LogP contribution in [0.5, 0.6) is 0 Å². The summed E-state index contributed by atoms with van der Waals surface area (Å²) in [5.41, 5.74) is 1.67. The number of benzene rings is 1. The highest BCUT2D eigenvalue weighted by molar-refractivity contribution is 5.60. The fraction of sp³-hybridized carbons (Fsp3) is 0.167. The van der Waals surface area contributed by atoms with E-state index in [1.807, 2.05) is 6.07 Å². The number of aromatic nitrogens is 4. The SMILES string of the molecule is CCCc1cc(Nc2ccc(F)cc2)n2nc(-c3ccco3)nc2n1. The fourth-order valence-electron chi connectivity index (χ4n) is 2.58. The molecule has 1 N–H and O–H groups in total. The van der Waals surface area contributed by atoms with Gasteiger partial charge in [-0.05, 0) is 42.8 Å². The topological polar surface area (TPSA) is 68.2 Å². The molecule has 7 heteroatoms. The predicted octanol–water partition coefficient (Wildman–Crippen LogP) is 4.22. The first-order valence-corrected chi connectivity index (χ1v) is 8.06. The summed E-state index contributed by atoms with van der Waals surface area (Å²) < 4.78 is 20.1. The van der Waals surface area contributed by atoms with Crippen molar-refractivity contribution < 1.29 is 8.81 Å². The Bertz CT molecular complexity index is 992. The van der Waals surface area contributed by atoms with Gasteiger partial charge >= 0.3 is 0 Å². The highest BCUT2D eigenvalue weighted by Crippen LogP contribution is 2.22. The van der Waals surface area contributed by atoms with Gasteiger partial charge < -0.3 is 9.73 Å². The number of anilines is 2. The van der Waals surface area contributed by atoms with E-state index in [0.717, 1.165) is 24.2 Å². The lowest BCUT2D eigenvalue weighted by molar-refractivity contribution is 0.577. The molecule has 4 aromatic rings. The molecule has 3 aromatic heterocycles. The van der Waals surface area contributed by atoms with Crippen molar-refractivity contribution in [2.45, 2.75) is 19.8 Å². The van der Waals surface area contributed by atoms with Crippen LogP contribution in [0.15, 0.2) is 53.1 Å². The standard InChI is InChI=1S/C18H16FN5O/c1-2-4-14-11-16(20-13-8-6-12(19)7-9-13)24-18(21-14)22-17(23-24)15-5-3-10-25-15/h3,5-11,20H,2,4H2,1H3. The summed E-state index contributed by atoms with van der Waals surface area (Å²) in [4.78, 5) is 9.02. The lowest BCUT2D eigenvalue weighted by Gasteiger charge is -2.09. The van der Waals surface area contributed by atoms with Crippen LogP contribution in [-0.2, 0) is 6.42 Å². The van der Waals surface area contributed by atoms with Gasteiger partial charge in [0.2, 0.25) is 5.82 Å². The molecule has 0 aliphatic rings. The number of aryl methyl sites for hydroxylation is 1. The van der Waals surface area contributed by atoms with Gasteiger partial charge in [-0.25, -0.2) is 9.37 Å². The molecule has 0 fully saturated rings. The molecule has 0 bridgehead atoms. The molecule has 3 heterocycles. The Balaban J connectivity index is 1.80. The highest BCUT2D eigenvalue weighted by atomic mass is 19.1. The maximum absolute atomic E-state index is 13.1. The largest absolute Gasteiger partial charge is 0.461 e. The number of nitrogens with one attached hydrogen (secondary N) is 1. The second kappa shape index (κ2) is 6.35. The maximum atomic E-state index is 13.1. The van der Waals surface area contributed by atoms with Gasteiger partial charge in [-0.2, -0.15) is 9.50 Å². The van der Waals surface area contributed by atoms with E-state index in [9.17, 15) is 4.39 Å². The zero-order chi connectivity index (χ0) is 17.2. The average Bonchev–Trinajstić information content (AvgIpc) is 3.26. The molecule has 6 nitrogen and oxygen atoms in total. The van der Waals surface area contributed by atoms with Gasteiger partial charge in [0.05, 0.1) is 6.26 Å². The summed E-state index contributed by atoms with van der Waals surface area (Å²) in [7, 11) is 0. The molecule has 0 aliphatic carbocycles. The summed E-state index contributed by atoms with van der Waals surface area (Å²) >= 11 is 0. The molecular weight excluding hydrogens is 321 g/mol. The lowest BCUT2D eigenvalue weighted by atomic mass is 10.2. The Kier molecular flexibility index (Phi) is 3.89. The summed E-state index contributed by atoms with van der Waals surface area (Å²) in [6, 6.07) is 11.7. The van der Waals surface area contributed by atoms with Crippen LogP contribution < -0.4 is 5.32 Å². The number of fused-ring (bicyclic) bond motifs is 1. The van der Waals surface area contributed by atoms with Gasteiger partial charge in [0.15, 0.2) is 5.76 Å². The molecular formula is C18H16FN5O. The minimum Gasteiger partial charge on any atom is -0.461 e. The van der Waals surface area contributed by atoms with Crippen molar-refractivity contribution in [2.24, 2.45) is 0 Å². The van der Waals surface area contributed by atoms with E-state index in [2.05, 4.69) is 27.3 Å². The number of halogens is 1. The second-order valence-electron chi connectivity index (χ2n) is 5.64. The molecule has 25 heavy (non-hydrogen) atoms. The van der Waals surface area contributed by atoms with Crippen molar-refractivity contribution in [3.8, 4) is 11.6 Å². The molecule has 126 valence electrons. The summed E-state index contributed by atoms with van der Waals surface area (Å²) in [6.07, 6.45) is 3.38. The highest BCUT2D eigenvalue weighted by Gasteiger charge is 2.14. The summed E-state index contributed by atoms with van der Waals surface area (Å²) in [6.45, 7) is 2.09. The fourth-order valence-corrected chi connectivity index (χ4v) is 2.58. The van der Waals surface area contributed by atoms with Crippen LogP contribution in [-0.4, -0.2) is 19.6 Å². The Morgan fingerprint density at radius 1 is 1.16 bits per heavy atom. The first kappa shape index (κ1) is 15.3. The van der Waals surface area contributed by atoms with E-state index in [1.165, 1.54) is 12.1 Å². The van der Waals surface area contributed by atoms with Crippen LogP contribution >= 0.6 is 0 Å². The van der Waals surface area contributed by atoms with Crippen LogP contribution in [0, 0.1) is 5.82 Å². The number of rotatable bonds is 5. The third kappa shape index (κ3) is 3.08. The molecule has 0 saturated carbocycles. The Morgan fingerprint density at radius 3 is 2.72 bits per heavy atom. The molecule has 1 aromatic carbocycles. The summed E-state index contributed by atoms with van der Waals surface area (Å²) in [5, 5.41) is 7.74. The Morgan fingerprint density at radius 2 is 2.00 bits per heavy atom. The Hall–Kier alpha value is -3.22. The summed E-state index contributed by atoms with van der Waals surface area (Å²) in [5.74, 6) is 1.97. The lowest BCUT2D eigenvalue weighted by Crippen LogP contribution is -2.04. The first-order chi connectivity index (χ1) is 12.2. The van der Waals surface area contributed by atoms with Crippen molar-refractivity contribution in [2.75, 3.05) is 5.32 Å². The zero-order valence-electron chi connectivity index (χ0n) is 13.6. The van der Waals surface area contributed by atoms with Crippen LogP contribution in [0.2, 0.25) is 0 Å². The molecule has 0 radical (unpaired) electrons. The van der Waals surface area contributed by atoms with E-state index in [0.29, 0.717) is 23.2 Å². The molecule has 0 atom stereocenters. The zero-order valence-corrected chi connectivity index (χ0v) is 13.6. The van der Waals surface area contributed by atoms with Gasteiger partial charge in [0, 0.05) is 17.4 Å². The first-order valence-electron chi connectivity index (χ1n) is 8.06. The number of hydrogen-bond acceptors (Lipinski definition) is 5. The van der Waals surface area contributed by atoms with Gasteiger partial charge in [-0.3, -0.25) is 0 Å². The van der Waals surface area contributed by atoms with E-state index in [1.54, 1.807) is 35.0 Å². The van der Waals surface area contributed by atoms with Crippen molar-refractivity contribution >= 4 is 17.3 Å². The van der Waals surface area contributed by atoms with Crippen LogP contribution in [0.1, 0.15) is 19.0 Å². The molecule has 0 spiro atoms. The molecule has 0 amide bonds. The second-order valence-corrected chi connectivity index (χ2v) is 5.64. The third-order valence-corrected chi connectivity index (χ3v) is 3.73. The van der Waals surface area contributed by atoms with Gasteiger partial charge in [-0.1, -0.05) is 13.3 Å². The predicted molar refractivity (Wildman–Crippen MR) is 92.2 cm³/mol. The number of furan rings is 1. The number of nitrogens with zero attached hydrogens (tertiary/aromatic N) is 4. The van der Waals surface area contributed by atoms with Crippen molar-refractivity contribution in [3.63, 3.8) is 0 Å². The minimum absolute atomic E-state index is 0.280. The van der Waals surface area contributed by atoms with Gasteiger partial charge in [0.25, 0.3) is 5.78 Å².